The first kappa shape index (κ1) is 10.8. The Kier molecular flexibility index (Phi) is 2.53. The SMILES string of the molecule is NC1=CNC(N)(Cc2ccsc2)C(N)=C1N. The van der Waals surface area contributed by atoms with Crippen molar-refractivity contribution in [1.29, 1.82) is 0 Å². The van der Waals surface area contributed by atoms with Gasteiger partial charge in [0.25, 0.3) is 0 Å². The van der Waals surface area contributed by atoms with Gasteiger partial charge in [-0.25, -0.2) is 0 Å². The van der Waals surface area contributed by atoms with Crippen LogP contribution in [0.2, 0.25) is 0 Å². The van der Waals surface area contributed by atoms with Crippen LogP contribution in [0, 0.1) is 0 Å². The van der Waals surface area contributed by atoms with Gasteiger partial charge in [0, 0.05) is 12.6 Å². The lowest BCUT2D eigenvalue weighted by Gasteiger charge is -2.34. The van der Waals surface area contributed by atoms with Crippen LogP contribution in [0.1, 0.15) is 5.56 Å². The summed E-state index contributed by atoms with van der Waals surface area (Å²) in [5.74, 6) is 0. The van der Waals surface area contributed by atoms with E-state index in [1.807, 2.05) is 16.8 Å². The topological polar surface area (TPSA) is 116 Å². The maximum absolute atomic E-state index is 6.18. The van der Waals surface area contributed by atoms with Crippen LogP contribution < -0.4 is 28.3 Å². The van der Waals surface area contributed by atoms with E-state index in [9.17, 15) is 0 Å². The summed E-state index contributed by atoms with van der Waals surface area (Å²) in [6.45, 7) is 0. The monoisotopic (exact) mass is 237 g/mol. The van der Waals surface area contributed by atoms with Gasteiger partial charge in [0.1, 0.15) is 5.66 Å². The molecule has 0 spiro atoms. The van der Waals surface area contributed by atoms with E-state index in [0.717, 1.165) is 5.56 Å². The van der Waals surface area contributed by atoms with Crippen molar-refractivity contribution in [2.24, 2.45) is 22.9 Å². The Hall–Kier alpha value is -1.66. The van der Waals surface area contributed by atoms with Gasteiger partial charge in [-0.15, -0.1) is 0 Å². The maximum atomic E-state index is 6.18. The molecule has 9 N–H and O–H groups in total. The second kappa shape index (κ2) is 3.73. The second-order valence-electron chi connectivity index (χ2n) is 3.85. The van der Waals surface area contributed by atoms with E-state index >= 15 is 0 Å². The molecule has 1 aromatic heterocycles. The summed E-state index contributed by atoms with van der Waals surface area (Å²) in [4.78, 5) is 0. The zero-order valence-corrected chi connectivity index (χ0v) is 9.55. The average Bonchev–Trinajstić information content (AvgIpc) is 2.74. The van der Waals surface area contributed by atoms with E-state index in [1.165, 1.54) is 0 Å². The Balaban J connectivity index is 2.28. The van der Waals surface area contributed by atoms with Crippen molar-refractivity contribution < 1.29 is 0 Å². The Morgan fingerprint density at radius 1 is 1.31 bits per heavy atom. The number of dihydropyridines is 1. The van der Waals surface area contributed by atoms with Crippen molar-refractivity contribution in [3.8, 4) is 0 Å². The first-order valence-corrected chi connectivity index (χ1v) is 5.76. The molecule has 1 aliphatic rings. The van der Waals surface area contributed by atoms with Gasteiger partial charge in [-0.3, -0.25) is 0 Å². The minimum absolute atomic E-state index is 0.358. The van der Waals surface area contributed by atoms with Crippen LogP contribution in [0.3, 0.4) is 0 Å². The lowest BCUT2D eigenvalue weighted by Crippen LogP contribution is -2.59. The van der Waals surface area contributed by atoms with Crippen molar-refractivity contribution >= 4 is 11.3 Å². The molecule has 0 amide bonds. The molecular formula is C10H15N5S. The predicted molar refractivity (Wildman–Crippen MR) is 65.7 cm³/mol. The van der Waals surface area contributed by atoms with Crippen LogP contribution >= 0.6 is 11.3 Å². The Morgan fingerprint density at radius 2 is 2.06 bits per heavy atom. The number of thiophene rings is 1. The van der Waals surface area contributed by atoms with Gasteiger partial charge in [0.05, 0.1) is 17.1 Å². The lowest BCUT2D eigenvalue weighted by atomic mass is 9.95. The number of nitrogens with one attached hydrogen (secondary N) is 1. The summed E-state index contributed by atoms with van der Waals surface area (Å²) in [5, 5.41) is 7.02. The molecule has 0 bridgehead atoms. The molecule has 1 aliphatic heterocycles. The van der Waals surface area contributed by atoms with E-state index < -0.39 is 5.66 Å². The molecular weight excluding hydrogens is 222 g/mol. The molecule has 2 rings (SSSR count). The highest BCUT2D eigenvalue weighted by Gasteiger charge is 2.32. The van der Waals surface area contributed by atoms with Crippen LogP contribution in [-0.4, -0.2) is 5.66 Å². The summed E-state index contributed by atoms with van der Waals surface area (Å²) in [5.41, 5.74) is 24.9. The van der Waals surface area contributed by atoms with Gasteiger partial charge >= 0.3 is 0 Å². The quantitative estimate of drug-likeness (QED) is 0.474. The molecule has 1 unspecified atom stereocenters. The molecule has 6 heteroatoms. The first-order chi connectivity index (χ1) is 7.53. The number of nitrogens with two attached hydrogens (primary N) is 4. The summed E-state index contributed by atoms with van der Waals surface area (Å²) < 4.78 is 0. The molecule has 0 fully saturated rings. The largest absolute Gasteiger partial charge is 0.397 e. The molecule has 1 aromatic rings. The Bertz CT molecular complexity index is 448. The highest BCUT2D eigenvalue weighted by molar-refractivity contribution is 7.07. The number of hydrogen-bond donors (Lipinski definition) is 5. The van der Waals surface area contributed by atoms with Crippen LogP contribution in [0.5, 0.6) is 0 Å². The molecule has 1 atom stereocenters. The van der Waals surface area contributed by atoms with Crippen LogP contribution in [0.15, 0.2) is 40.1 Å². The minimum Gasteiger partial charge on any atom is -0.397 e. The molecule has 2 heterocycles. The summed E-state index contributed by atoms with van der Waals surface area (Å²) in [6, 6.07) is 2.01. The van der Waals surface area contributed by atoms with Gasteiger partial charge in [0.2, 0.25) is 0 Å². The Morgan fingerprint density at radius 3 is 2.69 bits per heavy atom. The third-order valence-corrected chi connectivity index (χ3v) is 3.36. The fourth-order valence-electron chi connectivity index (χ4n) is 1.62. The third kappa shape index (κ3) is 1.72. The fourth-order valence-corrected chi connectivity index (χ4v) is 2.29. The number of rotatable bonds is 2. The summed E-state index contributed by atoms with van der Waals surface area (Å²) in [7, 11) is 0. The van der Waals surface area contributed by atoms with Crippen LogP contribution in [0.4, 0.5) is 0 Å². The smallest absolute Gasteiger partial charge is 0.133 e. The van der Waals surface area contributed by atoms with E-state index in [-0.39, 0.29) is 0 Å². The minimum atomic E-state index is -0.853. The van der Waals surface area contributed by atoms with Crippen molar-refractivity contribution in [1.82, 2.24) is 5.32 Å². The van der Waals surface area contributed by atoms with Crippen molar-refractivity contribution in [3.63, 3.8) is 0 Å². The maximum Gasteiger partial charge on any atom is 0.133 e. The first-order valence-electron chi connectivity index (χ1n) is 4.82. The summed E-state index contributed by atoms with van der Waals surface area (Å²) >= 11 is 1.62. The van der Waals surface area contributed by atoms with Gasteiger partial charge in [-0.1, -0.05) is 0 Å². The van der Waals surface area contributed by atoms with Crippen molar-refractivity contribution in [3.05, 3.63) is 45.7 Å². The highest BCUT2D eigenvalue weighted by atomic mass is 32.1. The van der Waals surface area contributed by atoms with Crippen LogP contribution in [0.25, 0.3) is 0 Å². The van der Waals surface area contributed by atoms with Crippen molar-refractivity contribution in [2.45, 2.75) is 12.1 Å². The number of hydrogen-bond acceptors (Lipinski definition) is 6. The average molecular weight is 237 g/mol. The summed E-state index contributed by atoms with van der Waals surface area (Å²) in [6.07, 6.45) is 2.17. The van der Waals surface area contributed by atoms with E-state index in [4.69, 9.17) is 22.9 Å². The highest BCUT2D eigenvalue weighted by Crippen LogP contribution is 2.21. The normalized spacial score (nSPS) is 25.2. The molecule has 0 radical (unpaired) electrons. The predicted octanol–water partition coefficient (Wildman–Crippen LogP) is -0.522. The molecule has 0 saturated carbocycles. The van der Waals surface area contributed by atoms with E-state index in [2.05, 4.69) is 5.32 Å². The molecule has 16 heavy (non-hydrogen) atoms. The molecule has 0 saturated heterocycles. The zero-order valence-electron chi connectivity index (χ0n) is 8.73. The van der Waals surface area contributed by atoms with E-state index in [1.54, 1.807) is 17.5 Å². The van der Waals surface area contributed by atoms with Gasteiger partial charge < -0.3 is 28.3 Å². The van der Waals surface area contributed by atoms with Gasteiger partial charge in [0.15, 0.2) is 0 Å². The third-order valence-electron chi connectivity index (χ3n) is 2.63. The zero-order chi connectivity index (χ0) is 11.8. The molecule has 0 aliphatic carbocycles. The van der Waals surface area contributed by atoms with Crippen molar-refractivity contribution in [2.75, 3.05) is 0 Å². The fraction of sp³-hybridized carbons (Fsp3) is 0.200. The van der Waals surface area contributed by atoms with Crippen LogP contribution in [-0.2, 0) is 6.42 Å². The molecule has 0 aromatic carbocycles. The Labute approximate surface area is 97.8 Å². The van der Waals surface area contributed by atoms with E-state index in [0.29, 0.717) is 23.5 Å². The molecule has 5 nitrogen and oxygen atoms in total. The standard InChI is InChI=1S/C10H15N5S/c11-7-4-15-10(14,9(13)8(7)12)3-6-1-2-16-5-6/h1-2,4-5,15H,3,11-14H2. The molecule has 86 valence electrons. The van der Waals surface area contributed by atoms with Gasteiger partial charge in [-0.2, -0.15) is 11.3 Å². The lowest BCUT2D eigenvalue weighted by molar-refractivity contribution is 0.425. The second-order valence-corrected chi connectivity index (χ2v) is 4.63. The van der Waals surface area contributed by atoms with Gasteiger partial charge in [-0.05, 0) is 22.4 Å².